The van der Waals surface area contributed by atoms with E-state index in [-0.39, 0.29) is 0 Å². The molecule has 0 aliphatic heterocycles. The highest BCUT2D eigenvalue weighted by Crippen LogP contribution is 2.36. The Balaban J connectivity index is 1.93. The number of fused-ring (bicyclic) bond motifs is 1. The normalized spacial score (nSPS) is 12.3. The van der Waals surface area contributed by atoms with Gasteiger partial charge >= 0.3 is 5.97 Å². The number of rotatable bonds is 6. The van der Waals surface area contributed by atoms with Gasteiger partial charge in [-0.1, -0.05) is 73.7 Å². The van der Waals surface area contributed by atoms with Gasteiger partial charge in [-0.15, -0.1) is 0 Å². The molecule has 31 heavy (non-hydrogen) atoms. The van der Waals surface area contributed by atoms with Crippen LogP contribution in [0.25, 0.3) is 28.1 Å². The lowest BCUT2D eigenvalue weighted by atomic mass is 9.88. The molecule has 3 nitrogen and oxygen atoms in total. The maximum Gasteiger partial charge on any atom is 0.328 e. The molecule has 0 spiro atoms. The topological polar surface area (TPSA) is 53.1 Å². The minimum atomic E-state index is -0.949. The second kappa shape index (κ2) is 8.88. The average Bonchev–Trinajstić information content (AvgIpc) is 3.21. The van der Waals surface area contributed by atoms with Gasteiger partial charge in [0.1, 0.15) is 0 Å². The van der Waals surface area contributed by atoms with Gasteiger partial charge in [-0.25, -0.2) is 4.79 Å². The second-order valence-electron chi connectivity index (χ2n) is 7.59. The predicted octanol–water partition coefficient (Wildman–Crippen LogP) is 6.94. The van der Waals surface area contributed by atoms with Crippen LogP contribution in [-0.4, -0.2) is 16.1 Å². The van der Waals surface area contributed by atoms with Crippen LogP contribution in [0.3, 0.4) is 0 Å². The van der Waals surface area contributed by atoms with Crippen molar-refractivity contribution in [3.63, 3.8) is 0 Å². The van der Waals surface area contributed by atoms with Crippen LogP contribution in [-0.2, 0) is 4.79 Å². The van der Waals surface area contributed by atoms with Gasteiger partial charge in [-0.05, 0) is 59.4 Å². The highest BCUT2D eigenvalue weighted by atomic mass is 16.4. The van der Waals surface area contributed by atoms with Crippen molar-refractivity contribution < 1.29 is 9.90 Å². The highest BCUT2D eigenvalue weighted by molar-refractivity contribution is 6.01. The minimum Gasteiger partial charge on any atom is -0.478 e. The van der Waals surface area contributed by atoms with Crippen LogP contribution in [0.15, 0.2) is 84.9 Å². The number of hydrogen-bond acceptors (Lipinski definition) is 1. The van der Waals surface area contributed by atoms with Crippen LogP contribution in [0.1, 0.15) is 41.3 Å². The molecule has 0 radical (unpaired) electrons. The molecule has 4 rings (SSSR count). The number of carboxylic acids is 1. The van der Waals surface area contributed by atoms with Gasteiger partial charge in [0.05, 0.1) is 0 Å². The van der Waals surface area contributed by atoms with Crippen LogP contribution in [0.2, 0.25) is 0 Å². The van der Waals surface area contributed by atoms with E-state index in [0.717, 1.165) is 34.8 Å². The summed E-state index contributed by atoms with van der Waals surface area (Å²) in [4.78, 5) is 14.4. The average molecular weight is 408 g/mol. The summed E-state index contributed by atoms with van der Waals surface area (Å²) in [6.07, 6.45) is 3.66. The first kappa shape index (κ1) is 20.4. The Morgan fingerprint density at radius 1 is 0.968 bits per heavy atom. The monoisotopic (exact) mass is 407 g/mol. The molecule has 0 fully saturated rings. The van der Waals surface area contributed by atoms with E-state index < -0.39 is 5.97 Å². The van der Waals surface area contributed by atoms with Crippen molar-refractivity contribution in [3.8, 4) is 0 Å². The Morgan fingerprint density at radius 2 is 1.68 bits per heavy atom. The number of allylic oxidation sites excluding steroid dienone is 1. The summed E-state index contributed by atoms with van der Waals surface area (Å²) < 4.78 is 0. The molecule has 154 valence electrons. The number of hydrogen-bond donors (Lipinski definition) is 2. The van der Waals surface area contributed by atoms with Crippen molar-refractivity contribution >= 4 is 34.1 Å². The number of H-pyrrole nitrogens is 1. The number of para-hydroxylation sites is 1. The quantitative estimate of drug-likeness (QED) is 0.269. The molecule has 0 atom stereocenters. The van der Waals surface area contributed by atoms with E-state index in [0.29, 0.717) is 0 Å². The van der Waals surface area contributed by atoms with Crippen LogP contribution in [0.5, 0.6) is 0 Å². The molecule has 0 saturated heterocycles. The Morgan fingerprint density at radius 3 is 2.35 bits per heavy atom. The third-order valence-corrected chi connectivity index (χ3v) is 5.54. The fourth-order valence-corrected chi connectivity index (χ4v) is 4.04. The van der Waals surface area contributed by atoms with E-state index in [2.05, 4.69) is 79.5 Å². The number of aliphatic carboxylic acids is 1. The van der Waals surface area contributed by atoms with Crippen molar-refractivity contribution in [3.05, 3.63) is 113 Å². The SMILES string of the molecule is CC/C(=C(/c1ccc(/C=C/C(=O)O)cc1)c1cc2ccccc2[nH]1)c1ccccc1C. The first-order valence-electron chi connectivity index (χ1n) is 10.5. The molecule has 0 amide bonds. The summed E-state index contributed by atoms with van der Waals surface area (Å²) in [5.41, 5.74) is 9.07. The molecular weight excluding hydrogens is 382 g/mol. The molecule has 4 aromatic rings. The molecule has 2 N–H and O–H groups in total. The molecule has 0 aliphatic rings. The third kappa shape index (κ3) is 4.36. The van der Waals surface area contributed by atoms with Crippen molar-refractivity contribution in [2.24, 2.45) is 0 Å². The Bertz CT molecular complexity index is 1260. The fourth-order valence-electron chi connectivity index (χ4n) is 4.04. The van der Waals surface area contributed by atoms with Gasteiger partial charge in [0.2, 0.25) is 0 Å². The van der Waals surface area contributed by atoms with Crippen molar-refractivity contribution in [1.82, 2.24) is 4.98 Å². The molecule has 0 bridgehead atoms. The van der Waals surface area contributed by atoms with Crippen molar-refractivity contribution in [1.29, 1.82) is 0 Å². The molecule has 1 aromatic heterocycles. The predicted molar refractivity (Wildman–Crippen MR) is 129 cm³/mol. The van der Waals surface area contributed by atoms with E-state index in [1.807, 2.05) is 18.2 Å². The van der Waals surface area contributed by atoms with Gasteiger partial charge in [-0.3, -0.25) is 0 Å². The summed E-state index contributed by atoms with van der Waals surface area (Å²) in [5, 5.41) is 10.1. The summed E-state index contributed by atoms with van der Waals surface area (Å²) >= 11 is 0. The van der Waals surface area contributed by atoms with Gasteiger partial charge in [0, 0.05) is 28.2 Å². The Labute approximate surface area is 182 Å². The molecule has 3 heteroatoms. The summed E-state index contributed by atoms with van der Waals surface area (Å²) in [6, 6.07) is 27.0. The maximum absolute atomic E-state index is 10.8. The zero-order chi connectivity index (χ0) is 21.8. The second-order valence-corrected chi connectivity index (χ2v) is 7.59. The van der Waals surface area contributed by atoms with Crippen LogP contribution in [0, 0.1) is 6.92 Å². The standard InChI is InChI=1S/C28H25NO2/c1-3-23(24-10-6-4-8-19(24)2)28(26-18-22-9-5-7-11-25(22)29-26)21-15-12-20(13-16-21)14-17-27(30)31/h4-18,29H,3H2,1-2H3,(H,30,31)/b17-14+,28-23+. The van der Waals surface area contributed by atoms with Crippen molar-refractivity contribution in [2.45, 2.75) is 20.3 Å². The molecule has 0 unspecified atom stereocenters. The number of carboxylic acid groups (broad SMARTS) is 1. The first-order valence-corrected chi connectivity index (χ1v) is 10.5. The van der Waals surface area contributed by atoms with E-state index >= 15 is 0 Å². The molecular formula is C28H25NO2. The first-order chi connectivity index (χ1) is 15.1. The number of carbonyl (C=O) groups is 1. The van der Waals surface area contributed by atoms with E-state index in [9.17, 15) is 4.79 Å². The van der Waals surface area contributed by atoms with E-state index in [1.165, 1.54) is 27.7 Å². The number of benzene rings is 3. The van der Waals surface area contributed by atoms with Gasteiger partial charge in [0.15, 0.2) is 0 Å². The molecule has 0 saturated carbocycles. The van der Waals surface area contributed by atoms with Crippen LogP contribution < -0.4 is 0 Å². The molecule has 3 aromatic carbocycles. The van der Waals surface area contributed by atoms with Crippen molar-refractivity contribution in [2.75, 3.05) is 0 Å². The highest BCUT2D eigenvalue weighted by Gasteiger charge is 2.16. The summed E-state index contributed by atoms with van der Waals surface area (Å²) in [5.74, 6) is -0.949. The van der Waals surface area contributed by atoms with Gasteiger partial charge in [0.25, 0.3) is 0 Å². The fraction of sp³-hybridized carbons (Fsp3) is 0.107. The summed E-state index contributed by atoms with van der Waals surface area (Å²) in [6.45, 7) is 4.34. The number of aromatic amines is 1. The molecule has 1 heterocycles. The number of nitrogens with one attached hydrogen (secondary N) is 1. The van der Waals surface area contributed by atoms with Gasteiger partial charge < -0.3 is 10.1 Å². The Hall–Kier alpha value is -3.85. The zero-order valence-electron chi connectivity index (χ0n) is 17.7. The smallest absolute Gasteiger partial charge is 0.328 e. The zero-order valence-corrected chi connectivity index (χ0v) is 17.7. The number of aryl methyl sites for hydroxylation is 1. The largest absolute Gasteiger partial charge is 0.478 e. The lowest BCUT2D eigenvalue weighted by Crippen LogP contribution is -1.97. The number of aromatic nitrogens is 1. The van der Waals surface area contributed by atoms with Gasteiger partial charge in [-0.2, -0.15) is 0 Å². The van der Waals surface area contributed by atoms with Crippen LogP contribution in [0.4, 0.5) is 0 Å². The lowest BCUT2D eigenvalue weighted by Gasteiger charge is -2.17. The van der Waals surface area contributed by atoms with E-state index in [1.54, 1.807) is 6.08 Å². The van der Waals surface area contributed by atoms with E-state index in [4.69, 9.17) is 5.11 Å². The van der Waals surface area contributed by atoms with Crippen LogP contribution >= 0.6 is 0 Å². The third-order valence-electron chi connectivity index (χ3n) is 5.54. The minimum absolute atomic E-state index is 0.857. The maximum atomic E-state index is 10.8. The molecule has 0 aliphatic carbocycles. The lowest BCUT2D eigenvalue weighted by molar-refractivity contribution is -0.131. The Kier molecular flexibility index (Phi) is 5.85. The summed E-state index contributed by atoms with van der Waals surface area (Å²) in [7, 11) is 0.